The molecule has 146 valence electrons. The van der Waals surface area contributed by atoms with E-state index in [2.05, 4.69) is 10.6 Å². The number of urea groups is 1. The van der Waals surface area contributed by atoms with E-state index in [0.717, 1.165) is 0 Å². The van der Waals surface area contributed by atoms with Crippen molar-refractivity contribution < 1.29 is 19.1 Å². The lowest BCUT2D eigenvalue weighted by atomic mass is 9.92. The SMILES string of the molecule is CCOC(=O)C1=C(c2ccccc2)NC(=O)NC1c1ccc(OCC)c(Cl)c1. The van der Waals surface area contributed by atoms with E-state index in [4.69, 9.17) is 21.1 Å². The maximum atomic E-state index is 12.8. The number of carbonyl (C=O) groups excluding carboxylic acids is 2. The third-order valence-corrected chi connectivity index (χ3v) is 4.51. The Labute approximate surface area is 168 Å². The van der Waals surface area contributed by atoms with Crippen molar-refractivity contribution in [3.8, 4) is 5.75 Å². The molecule has 7 heteroatoms. The summed E-state index contributed by atoms with van der Waals surface area (Å²) >= 11 is 6.32. The number of hydrogen-bond acceptors (Lipinski definition) is 4. The van der Waals surface area contributed by atoms with Gasteiger partial charge in [-0.2, -0.15) is 0 Å². The minimum absolute atomic E-state index is 0.217. The van der Waals surface area contributed by atoms with Crippen molar-refractivity contribution in [3.63, 3.8) is 0 Å². The molecule has 3 rings (SSSR count). The maximum Gasteiger partial charge on any atom is 0.338 e. The van der Waals surface area contributed by atoms with Gasteiger partial charge < -0.3 is 20.1 Å². The Morgan fingerprint density at radius 2 is 1.86 bits per heavy atom. The van der Waals surface area contributed by atoms with Crippen LogP contribution in [0.3, 0.4) is 0 Å². The second kappa shape index (κ2) is 8.80. The van der Waals surface area contributed by atoms with Crippen LogP contribution < -0.4 is 15.4 Å². The molecule has 2 N–H and O–H groups in total. The van der Waals surface area contributed by atoms with Gasteiger partial charge in [0.25, 0.3) is 0 Å². The minimum atomic E-state index is -0.712. The molecule has 0 spiro atoms. The normalized spacial score (nSPS) is 16.2. The number of rotatable bonds is 6. The Balaban J connectivity index is 2.13. The Kier molecular flexibility index (Phi) is 6.21. The molecular weight excluding hydrogens is 380 g/mol. The van der Waals surface area contributed by atoms with E-state index in [-0.39, 0.29) is 6.61 Å². The highest BCUT2D eigenvalue weighted by Gasteiger charge is 2.34. The largest absolute Gasteiger partial charge is 0.492 e. The van der Waals surface area contributed by atoms with E-state index in [1.807, 2.05) is 37.3 Å². The third kappa shape index (κ3) is 4.12. The van der Waals surface area contributed by atoms with Crippen molar-refractivity contribution in [2.75, 3.05) is 13.2 Å². The number of amides is 2. The molecule has 1 heterocycles. The van der Waals surface area contributed by atoms with E-state index in [1.165, 1.54) is 0 Å². The van der Waals surface area contributed by atoms with Gasteiger partial charge in [0.15, 0.2) is 0 Å². The molecule has 1 aliphatic rings. The molecule has 6 nitrogen and oxygen atoms in total. The van der Waals surface area contributed by atoms with Gasteiger partial charge in [-0.1, -0.05) is 48.0 Å². The molecule has 1 aliphatic heterocycles. The number of carbonyl (C=O) groups is 2. The zero-order chi connectivity index (χ0) is 20.1. The molecule has 0 aromatic heterocycles. The van der Waals surface area contributed by atoms with E-state index in [9.17, 15) is 9.59 Å². The molecule has 0 aliphatic carbocycles. The van der Waals surface area contributed by atoms with Gasteiger partial charge in [0.1, 0.15) is 5.75 Å². The van der Waals surface area contributed by atoms with Crippen molar-refractivity contribution in [2.45, 2.75) is 19.9 Å². The first-order valence-corrected chi connectivity index (χ1v) is 9.39. The smallest absolute Gasteiger partial charge is 0.338 e. The Bertz CT molecular complexity index is 912. The standard InChI is InChI=1S/C21H21ClN2O4/c1-3-27-16-11-10-14(12-15(16)22)19-17(20(25)28-4-2)18(23-21(26)24-19)13-8-6-5-7-9-13/h5-12,19H,3-4H2,1-2H3,(H2,23,24,26). The van der Waals surface area contributed by atoms with E-state index < -0.39 is 18.0 Å². The molecule has 0 saturated heterocycles. The van der Waals surface area contributed by atoms with Crippen molar-refractivity contribution in [2.24, 2.45) is 0 Å². The molecule has 2 amide bonds. The number of ether oxygens (including phenoxy) is 2. The van der Waals surface area contributed by atoms with E-state index >= 15 is 0 Å². The highest BCUT2D eigenvalue weighted by molar-refractivity contribution is 6.32. The van der Waals surface area contributed by atoms with Gasteiger partial charge in [0, 0.05) is 0 Å². The van der Waals surface area contributed by atoms with Crippen LogP contribution in [0, 0.1) is 0 Å². The van der Waals surface area contributed by atoms with Gasteiger partial charge >= 0.3 is 12.0 Å². The molecule has 0 bridgehead atoms. The van der Waals surface area contributed by atoms with Gasteiger partial charge in [0.2, 0.25) is 0 Å². The lowest BCUT2D eigenvalue weighted by molar-refractivity contribution is -0.138. The third-order valence-electron chi connectivity index (χ3n) is 4.22. The van der Waals surface area contributed by atoms with Gasteiger partial charge in [-0.05, 0) is 37.1 Å². The van der Waals surface area contributed by atoms with Gasteiger partial charge in [-0.3, -0.25) is 0 Å². The molecule has 0 radical (unpaired) electrons. The zero-order valence-electron chi connectivity index (χ0n) is 15.6. The van der Waals surface area contributed by atoms with Gasteiger partial charge in [-0.25, -0.2) is 9.59 Å². The summed E-state index contributed by atoms with van der Waals surface area (Å²) < 4.78 is 10.7. The second-order valence-electron chi connectivity index (χ2n) is 6.03. The quantitative estimate of drug-likeness (QED) is 0.717. The minimum Gasteiger partial charge on any atom is -0.492 e. The molecule has 2 aromatic carbocycles. The van der Waals surface area contributed by atoms with Gasteiger partial charge in [-0.15, -0.1) is 0 Å². The van der Waals surface area contributed by atoms with Crippen LogP contribution in [0.25, 0.3) is 5.70 Å². The first-order valence-electron chi connectivity index (χ1n) is 9.01. The molecule has 0 saturated carbocycles. The fourth-order valence-corrected chi connectivity index (χ4v) is 3.29. The summed E-state index contributed by atoms with van der Waals surface area (Å²) in [6.45, 7) is 4.30. The zero-order valence-corrected chi connectivity index (χ0v) is 16.4. The Morgan fingerprint density at radius 1 is 1.11 bits per heavy atom. The number of benzene rings is 2. The Hall–Kier alpha value is -2.99. The van der Waals surface area contributed by atoms with Crippen LogP contribution in [0.4, 0.5) is 4.79 Å². The van der Waals surface area contributed by atoms with E-state index in [1.54, 1.807) is 25.1 Å². The highest BCUT2D eigenvalue weighted by atomic mass is 35.5. The average molecular weight is 401 g/mol. The summed E-state index contributed by atoms with van der Waals surface area (Å²) in [4.78, 5) is 25.1. The summed E-state index contributed by atoms with van der Waals surface area (Å²) in [6.07, 6.45) is 0. The van der Waals surface area contributed by atoms with Gasteiger partial charge in [0.05, 0.1) is 35.5 Å². The number of halogens is 1. The monoisotopic (exact) mass is 400 g/mol. The molecular formula is C21H21ClN2O4. The van der Waals surface area contributed by atoms with Crippen LogP contribution in [0.2, 0.25) is 5.02 Å². The summed E-state index contributed by atoms with van der Waals surface area (Å²) in [5.41, 5.74) is 2.09. The fourth-order valence-electron chi connectivity index (χ4n) is 3.05. The van der Waals surface area contributed by atoms with Crippen molar-refractivity contribution >= 4 is 29.3 Å². The molecule has 0 fully saturated rings. The van der Waals surface area contributed by atoms with Crippen LogP contribution in [0.15, 0.2) is 54.1 Å². The lowest BCUT2D eigenvalue weighted by Crippen LogP contribution is -2.45. The van der Waals surface area contributed by atoms with Crippen molar-refractivity contribution in [3.05, 3.63) is 70.3 Å². The molecule has 1 unspecified atom stereocenters. The summed E-state index contributed by atoms with van der Waals surface area (Å²) in [5, 5.41) is 5.93. The summed E-state index contributed by atoms with van der Waals surface area (Å²) in [6, 6.07) is 13.2. The second-order valence-corrected chi connectivity index (χ2v) is 6.44. The van der Waals surface area contributed by atoms with Crippen molar-refractivity contribution in [1.82, 2.24) is 10.6 Å². The highest BCUT2D eigenvalue weighted by Crippen LogP contribution is 2.35. The van der Waals surface area contributed by atoms with Crippen LogP contribution in [0.1, 0.15) is 31.0 Å². The first kappa shape index (κ1) is 19.8. The topological polar surface area (TPSA) is 76.7 Å². The van der Waals surface area contributed by atoms with Crippen LogP contribution >= 0.6 is 11.6 Å². The molecule has 1 atom stereocenters. The molecule has 28 heavy (non-hydrogen) atoms. The number of hydrogen-bond donors (Lipinski definition) is 2. The van der Waals surface area contributed by atoms with Crippen LogP contribution in [-0.4, -0.2) is 25.2 Å². The first-order chi connectivity index (χ1) is 13.5. The predicted octanol–water partition coefficient (Wildman–Crippen LogP) is 4.07. The maximum absolute atomic E-state index is 12.8. The fraction of sp³-hybridized carbons (Fsp3) is 0.238. The Morgan fingerprint density at radius 3 is 2.50 bits per heavy atom. The molecule has 2 aromatic rings. The van der Waals surface area contributed by atoms with Crippen molar-refractivity contribution in [1.29, 1.82) is 0 Å². The average Bonchev–Trinajstić information content (AvgIpc) is 2.70. The van der Waals surface area contributed by atoms with Crippen LogP contribution in [0.5, 0.6) is 5.75 Å². The predicted molar refractivity (Wildman–Crippen MR) is 107 cm³/mol. The lowest BCUT2D eigenvalue weighted by Gasteiger charge is -2.29. The van der Waals surface area contributed by atoms with E-state index in [0.29, 0.717) is 39.8 Å². The number of esters is 1. The van der Waals surface area contributed by atoms with Crippen LogP contribution in [-0.2, 0) is 9.53 Å². The summed E-state index contributed by atoms with van der Waals surface area (Å²) in [5.74, 6) is 0.0296. The summed E-state index contributed by atoms with van der Waals surface area (Å²) in [7, 11) is 0. The number of nitrogens with one attached hydrogen (secondary N) is 2.